The molecule has 1 N–H and O–H groups in total. The fraction of sp³-hybridized carbons (Fsp3) is 0.481. The lowest BCUT2D eigenvalue weighted by molar-refractivity contribution is -0.0486. The fourth-order valence-corrected chi connectivity index (χ4v) is 4.77. The van der Waals surface area contributed by atoms with E-state index in [-0.39, 0.29) is 13.0 Å². The summed E-state index contributed by atoms with van der Waals surface area (Å²) < 4.78 is 81.0. The number of nitrogens with zero attached hydrogens (tertiary/aromatic N) is 1. The van der Waals surface area contributed by atoms with Gasteiger partial charge in [0.1, 0.15) is 22.2 Å². The zero-order valence-corrected chi connectivity index (χ0v) is 23.8. The van der Waals surface area contributed by atoms with Gasteiger partial charge in [-0.3, -0.25) is 4.90 Å². The molecule has 2 aromatic rings. The molecule has 2 aromatic carbocycles. The number of hydrogen-bond donors (Lipinski definition) is 1. The number of likely N-dealkylation sites (tertiary alicyclic amines) is 1. The fourth-order valence-electron chi connectivity index (χ4n) is 4.11. The minimum Gasteiger partial charge on any atom is -0.444 e. The number of carbonyl (C=O) groups is 2. The Morgan fingerprint density at radius 1 is 0.850 bits per heavy atom. The number of carbonyl (C=O) groups excluding carboxylic acids is 2. The molecule has 1 aliphatic heterocycles. The van der Waals surface area contributed by atoms with Gasteiger partial charge >= 0.3 is 22.5 Å². The first-order valence-electron chi connectivity index (χ1n) is 12.4. The first kappa shape index (κ1) is 31.5. The minimum absolute atomic E-state index is 0.123. The van der Waals surface area contributed by atoms with Gasteiger partial charge in [0.2, 0.25) is 0 Å². The Bertz CT molecular complexity index is 1240. The average Bonchev–Trinajstić information content (AvgIpc) is 3.06. The van der Waals surface area contributed by atoms with Crippen LogP contribution in [-0.2, 0) is 20.6 Å². The van der Waals surface area contributed by atoms with Gasteiger partial charge in [-0.2, -0.15) is 0 Å². The van der Waals surface area contributed by atoms with Gasteiger partial charge in [0.05, 0.1) is 12.6 Å². The van der Waals surface area contributed by atoms with Crippen LogP contribution in [0.5, 0.6) is 0 Å². The number of hydrogen-bond acceptors (Lipinski definition) is 6. The smallest absolute Gasteiger partial charge is 0.444 e. The Morgan fingerprint density at radius 3 is 1.77 bits per heavy atom. The summed E-state index contributed by atoms with van der Waals surface area (Å²) >= 11 is 0. The van der Waals surface area contributed by atoms with Crippen molar-refractivity contribution in [2.75, 3.05) is 6.54 Å². The number of ether oxygens (including phenoxy) is 3. The summed E-state index contributed by atoms with van der Waals surface area (Å²) in [6.45, 7) is 9.87. The van der Waals surface area contributed by atoms with Crippen LogP contribution in [0.15, 0.2) is 53.4 Å². The molecule has 1 saturated heterocycles. The maximum atomic E-state index is 13.0. The van der Waals surface area contributed by atoms with Crippen molar-refractivity contribution in [3.05, 3.63) is 54.1 Å². The van der Waals surface area contributed by atoms with Gasteiger partial charge in [0.25, 0.3) is 0 Å². The third-order valence-electron chi connectivity index (χ3n) is 5.85. The Morgan fingerprint density at radius 2 is 1.32 bits per heavy atom. The molecule has 3 atom stereocenters. The molecule has 0 radical (unpaired) electrons. The van der Waals surface area contributed by atoms with E-state index in [4.69, 9.17) is 14.2 Å². The van der Waals surface area contributed by atoms with Gasteiger partial charge in [-0.1, -0.05) is 55.8 Å². The Kier molecular flexibility index (Phi) is 7.70. The maximum Gasteiger partial charge on any atom is 0.509 e. The van der Waals surface area contributed by atoms with Gasteiger partial charge in [0, 0.05) is 0 Å². The second-order valence-electron chi connectivity index (χ2n) is 11.7. The second kappa shape index (κ2) is 9.79. The van der Waals surface area contributed by atoms with Crippen molar-refractivity contribution >= 4 is 22.5 Å². The third-order valence-corrected chi connectivity index (χ3v) is 7.01. The van der Waals surface area contributed by atoms with E-state index in [2.05, 4.69) is 0 Å². The van der Waals surface area contributed by atoms with E-state index in [1.165, 1.54) is 4.90 Å². The molecular formula is C27H34F5NO6S. The lowest BCUT2D eigenvalue weighted by Gasteiger charge is -2.40. The summed E-state index contributed by atoms with van der Waals surface area (Å²) in [7, 11) is -9.77. The summed E-state index contributed by atoms with van der Waals surface area (Å²) in [5.41, 5.74) is -0.255. The highest BCUT2D eigenvalue weighted by Crippen LogP contribution is 3.02. The van der Waals surface area contributed by atoms with Crippen LogP contribution in [-0.4, -0.2) is 58.3 Å². The quantitative estimate of drug-likeness (QED) is 0.280. The highest BCUT2D eigenvalue weighted by molar-refractivity contribution is 8.45. The van der Waals surface area contributed by atoms with Crippen molar-refractivity contribution in [1.29, 1.82) is 0 Å². The summed E-state index contributed by atoms with van der Waals surface area (Å²) in [6, 6.07) is 8.22. The van der Waals surface area contributed by atoms with Crippen molar-refractivity contribution in [2.45, 2.75) is 82.3 Å². The van der Waals surface area contributed by atoms with Crippen LogP contribution in [0.3, 0.4) is 0 Å². The van der Waals surface area contributed by atoms with Crippen LogP contribution in [0.4, 0.5) is 29.0 Å². The minimum atomic E-state index is -9.77. The van der Waals surface area contributed by atoms with Gasteiger partial charge in [-0.15, -0.1) is 0 Å². The van der Waals surface area contributed by atoms with Crippen molar-refractivity contribution < 1.29 is 48.3 Å². The van der Waals surface area contributed by atoms with Crippen LogP contribution in [0, 0.1) is 0 Å². The van der Waals surface area contributed by atoms with Gasteiger partial charge < -0.3 is 19.3 Å². The predicted molar refractivity (Wildman–Crippen MR) is 141 cm³/mol. The van der Waals surface area contributed by atoms with Gasteiger partial charge in [-0.05, 0) is 76.8 Å². The Labute approximate surface area is 229 Å². The highest BCUT2D eigenvalue weighted by Gasteiger charge is 2.65. The molecular weight excluding hydrogens is 561 g/mol. The number of halogens is 5. The number of aliphatic hydroxyl groups is 1. The highest BCUT2D eigenvalue weighted by atomic mass is 32.5. The summed E-state index contributed by atoms with van der Waals surface area (Å²) in [6.07, 6.45) is -3.95. The molecule has 0 aliphatic carbocycles. The zero-order chi connectivity index (χ0) is 30.4. The molecule has 0 aromatic heterocycles. The van der Waals surface area contributed by atoms with Crippen LogP contribution >= 0.6 is 10.2 Å². The van der Waals surface area contributed by atoms with E-state index in [0.29, 0.717) is 28.8 Å². The number of aliphatic hydroxyl groups excluding tert-OH is 1. The zero-order valence-electron chi connectivity index (χ0n) is 23.0. The third kappa shape index (κ3) is 8.47. The Hall–Kier alpha value is -3.06. The monoisotopic (exact) mass is 595 g/mol. The van der Waals surface area contributed by atoms with Crippen molar-refractivity contribution in [2.24, 2.45) is 0 Å². The molecule has 7 nitrogen and oxygen atoms in total. The van der Waals surface area contributed by atoms with Crippen LogP contribution in [0.25, 0.3) is 11.1 Å². The molecule has 13 heteroatoms. The SMILES string of the molecule is CC(C)(C)OC(=O)O[C@H]1CN(C(=O)OC(C)(C)C)[C@H](Cc2ccc(-c3ccc(S(F)(F)(F)(F)F)cc3)cc2)[C@@H]1O. The second-order valence-corrected chi connectivity index (χ2v) is 14.1. The van der Waals surface area contributed by atoms with Crippen LogP contribution < -0.4 is 0 Å². The molecule has 0 saturated carbocycles. The van der Waals surface area contributed by atoms with E-state index in [0.717, 1.165) is 12.1 Å². The van der Waals surface area contributed by atoms with Gasteiger partial charge in [-0.25, -0.2) is 9.59 Å². The molecule has 1 amide bonds. The summed E-state index contributed by atoms with van der Waals surface area (Å²) in [5, 5.41) is 11.0. The number of benzene rings is 2. The lowest BCUT2D eigenvalue weighted by atomic mass is 9.98. The molecule has 1 fully saturated rings. The first-order valence-corrected chi connectivity index (χ1v) is 14.4. The topological polar surface area (TPSA) is 85.3 Å². The first-order chi connectivity index (χ1) is 17.9. The standard InChI is InChI=1S/C27H34F5NO6S/c1-26(2,3)38-24(35)33-16-22(37-25(36)39-27(4,5)6)23(34)21(33)15-17-7-9-18(10-8-17)19-11-13-20(14-12-19)40(28,29,30,31)32/h7-14,21-23,34H,15-16H2,1-6H3/t21-,22+,23+/m1/s1. The molecule has 1 heterocycles. The Balaban J connectivity index is 1.80. The normalized spacial score (nSPS) is 21.8. The predicted octanol–water partition coefficient (Wildman–Crippen LogP) is 7.85. The van der Waals surface area contributed by atoms with Gasteiger partial charge in [0.15, 0.2) is 6.10 Å². The van der Waals surface area contributed by atoms with E-state index < -0.39 is 56.8 Å². The maximum absolute atomic E-state index is 13.0. The largest absolute Gasteiger partial charge is 0.509 e. The van der Waals surface area contributed by atoms with E-state index in [9.17, 15) is 34.1 Å². The van der Waals surface area contributed by atoms with Crippen molar-refractivity contribution in [3.63, 3.8) is 0 Å². The molecule has 0 bridgehead atoms. The van der Waals surface area contributed by atoms with E-state index >= 15 is 0 Å². The number of rotatable bonds is 5. The van der Waals surface area contributed by atoms with Crippen molar-refractivity contribution in [1.82, 2.24) is 4.90 Å². The average molecular weight is 596 g/mol. The lowest BCUT2D eigenvalue weighted by Crippen LogP contribution is -2.43. The molecule has 224 valence electrons. The molecule has 0 unspecified atom stereocenters. The number of amides is 1. The molecule has 1 aliphatic rings. The summed E-state index contributed by atoms with van der Waals surface area (Å²) in [4.78, 5) is 24.5. The summed E-state index contributed by atoms with van der Waals surface area (Å²) in [5.74, 6) is 0. The molecule has 40 heavy (non-hydrogen) atoms. The van der Waals surface area contributed by atoms with E-state index in [1.54, 1.807) is 65.8 Å². The molecule has 0 spiro atoms. The van der Waals surface area contributed by atoms with E-state index in [1.807, 2.05) is 0 Å². The van der Waals surface area contributed by atoms with Crippen LogP contribution in [0.2, 0.25) is 0 Å². The van der Waals surface area contributed by atoms with Crippen molar-refractivity contribution in [3.8, 4) is 11.1 Å². The molecule has 3 rings (SSSR count). The van der Waals surface area contributed by atoms with Crippen LogP contribution in [0.1, 0.15) is 47.1 Å².